The van der Waals surface area contributed by atoms with Gasteiger partial charge in [0.2, 0.25) is 0 Å². The van der Waals surface area contributed by atoms with E-state index in [0.717, 1.165) is 0 Å². The van der Waals surface area contributed by atoms with Crippen LogP contribution in [0.5, 0.6) is 0 Å². The summed E-state index contributed by atoms with van der Waals surface area (Å²) in [7, 11) is 0. The Kier molecular flexibility index (Phi) is 3.88. The lowest BCUT2D eigenvalue weighted by Gasteiger charge is -2.46. The predicted molar refractivity (Wildman–Crippen MR) is 75.4 cm³/mol. The molecule has 1 saturated carbocycles. The Hall–Kier alpha value is -1.78. The van der Waals surface area contributed by atoms with Crippen LogP contribution in [0.2, 0.25) is 0 Å². The smallest absolute Gasteiger partial charge is 0.307 e. The van der Waals surface area contributed by atoms with Crippen molar-refractivity contribution in [2.45, 2.75) is 39.7 Å². The molecular weight excluding hydrogens is 256 g/mol. The summed E-state index contributed by atoms with van der Waals surface area (Å²) in [5, 5.41) is 12.3. The average molecular weight is 278 g/mol. The second-order valence-electron chi connectivity index (χ2n) is 6.24. The van der Waals surface area contributed by atoms with Crippen LogP contribution in [0.15, 0.2) is 18.3 Å². The Balaban J connectivity index is 2.08. The van der Waals surface area contributed by atoms with Gasteiger partial charge >= 0.3 is 5.97 Å². The second-order valence-corrected chi connectivity index (χ2v) is 6.24. The number of carboxylic acids is 1. The summed E-state index contributed by atoms with van der Waals surface area (Å²) in [4.78, 5) is 26.3. The van der Waals surface area contributed by atoms with Gasteiger partial charge in [-0.15, -0.1) is 0 Å². The maximum absolute atomic E-state index is 12.1. The van der Waals surface area contributed by atoms with E-state index in [-0.39, 0.29) is 29.2 Å². The molecule has 1 aliphatic rings. The molecule has 0 aliphatic heterocycles. The minimum absolute atomic E-state index is 0.0106. The van der Waals surface area contributed by atoms with E-state index in [1.54, 1.807) is 18.3 Å². The fraction of sp³-hybridized carbons (Fsp3) is 0.600. The van der Waals surface area contributed by atoms with E-state index in [9.17, 15) is 14.7 Å². The number of amides is 1. The molecular formula is C15H22N2O3. The molecule has 5 nitrogen and oxygen atoms in total. The Morgan fingerprint density at radius 1 is 1.40 bits per heavy atom. The van der Waals surface area contributed by atoms with Crippen LogP contribution in [0.25, 0.3) is 0 Å². The van der Waals surface area contributed by atoms with Gasteiger partial charge in [0.1, 0.15) is 5.69 Å². The molecule has 0 bridgehead atoms. The minimum atomic E-state index is -0.740. The standard InChI is InChI=1S/C15H22N2O3/c1-9-11(17-13(18)12-5-4-8-16-12)7-6-10(14(19)20)15(9,2)3/h4-5,8-11,16H,6-7H2,1-3H3,(H,17,18)(H,19,20). The monoisotopic (exact) mass is 278 g/mol. The van der Waals surface area contributed by atoms with Crippen LogP contribution >= 0.6 is 0 Å². The van der Waals surface area contributed by atoms with Crippen LogP contribution in [-0.4, -0.2) is 28.0 Å². The number of rotatable bonds is 3. The molecule has 0 radical (unpaired) electrons. The molecule has 1 aliphatic carbocycles. The molecule has 3 atom stereocenters. The first-order chi connectivity index (χ1) is 9.34. The average Bonchev–Trinajstić information content (AvgIpc) is 2.88. The highest BCUT2D eigenvalue weighted by atomic mass is 16.4. The van der Waals surface area contributed by atoms with E-state index >= 15 is 0 Å². The van der Waals surface area contributed by atoms with E-state index < -0.39 is 5.97 Å². The SMILES string of the molecule is CC1C(NC(=O)c2ccc[nH]2)CCC(C(=O)O)C1(C)C. The summed E-state index contributed by atoms with van der Waals surface area (Å²) in [6.07, 6.45) is 3.01. The molecule has 1 aromatic heterocycles. The zero-order valence-corrected chi connectivity index (χ0v) is 12.1. The van der Waals surface area contributed by atoms with E-state index in [0.29, 0.717) is 18.5 Å². The van der Waals surface area contributed by atoms with Crippen molar-refractivity contribution < 1.29 is 14.7 Å². The number of nitrogens with one attached hydrogen (secondary N) is 2. The Morgan fingerprint density at radius 2 is 2.10 bits per heavy atom. The van der Waals surface area contributed by atoms with Crippen molar-refractivity contribution >= 4 is 11.9 Å². The molecule has 0 spiro atoms. The molecule has 0 aromatic carbocycles. The molecule has 2 rings (SSSR count). The summed E-state index contributed by atoms with van der Waals surface area (Å²) in [5.74, 6) is -1.11. The highest BCUT2D eigenvalue weighted by Gasteiger charge is 2.46. The van der Waals surface area contributed by atoms with Gasteiger partial charge in [-0.05, 0) is 36.3 Å². The molecule has 110 valence electrons. The number of hydrogen-bond donors (Lipinski definition) is 3. The molecule has 3 N–H and O–H groups in total. The number of carbonyl (C=O) groups is 2. The molecule has 0 saturated heterocycles. The Bertz CT molecular complexity index is 493. The number of hydrogen-bond acceptors (Lipinski definition) is 2. The van der Waals surface area contributed by atoms with Crippen molar-refractivity contribution in [3.05, 3.63) is 24.0 Å². The third kappa shape index (κ3) is 2.57. The van der Waals surface area contributed by atoms with E-state index in [1.165, 1.54) is 0 Å². The third-order valence-corrected chi connectivity index (χ3v) is 4.90. The van der Waals surface area contributed by atoms with Crippen molar-refractivity contribution in [3.63, 3.8) is 0 Å². The van der Waals surface area contributed by atoms with Crippen molar-refractivity contribution in [2.24, 2.45) is 17.3 Å². The Morgan fingerprint density at radius 3 is 2.65 bits per heavy atom. The first-order valence-electron chi connectivity index (χ1n) is 7.01. The van der Waals surface area contributed by atoms with Crippen molar-refractivity contribution in [2.75, 3.05) is 0 Å². The highest BCUT2D eigenvalue weighted by molar-refractivity contribution is 5.92. The number of aromatic amines is 1. The van der Waals surface area contributed by atoms with Crippen molar-refractivity contribution in [1.82, 2.24) is 10.3 Å². The van der Waals surface area contributed by atoms with E-state index in [1.807, 2.05) is 20.8 Å². The molecule has 1 fully saturated rings. The van der Waals surface area contributed by atoms with Gasteiger partial charge in [-0.25, -0.2) is 0 Å². The summed E-state index contributed by atoms with van der Waals surface area (Å²) in [6, 6.07) is 3.52. The number of carboxylic acid groups (broad SMARTS) is 1. The van der Waals surface area contributed by atoms with Crippen LogP contribution in [0.4, 0.5) is 0 Å². The summed E-state index contributed by atoms with van der Waals surface area (Å²) in [6.45, 7) is 5.97. The molecule has 5 heteroatoms. The predicted octanol–water partition coefficient (Wildman–Crippen LogP) is 2.27. The zero-order chi connectivity index (χ0) is 14.9. The quantitative estimate of drug-likeness (QED) is 0.793. The second kappa shape index (κ2) is 5.31. The number of H-pyrrole nitrogens is 1. The first-order valence-corrected chi connectivity index (χ1v) is 7.01. The minimum Gasteiger partial charge on any atom is -0.481 e. The van der Waals surface area contributed by atoms with Crippen molar-refractivity contribution in [1.29, 1.82) is 0 Å². The van der Waals surface area contributed by atoms with E-state index in [4.69, 9.17) is 0 Å². The van der Waals surface area contributed by atoms with Gasteiger partial charge in [0.25, 0.3) is 5.91 Å². The fourth-order valence-electron chi connectivity index (χ4n) is 3.16. The van der Waals surface area contributed by atoms with Gasteiger partial charge in [0.15, 0.2) is 0 Å². The molecule has 3 unspecified atom stereocenters. The molecule has 1 heterocycles. The third-order valence-electron chi connectivity index (χ3n) is 4.90. The topological polar surface area (TPSA) is 82.2 Å². The van der Waals surface area contributed by atoms with Gasteiger partial charge < -0.3 is 15.4 Å². The lowest BCUT2D eigenvalue weighted by atomic mass is 9.61. The normalized spacial score (nSPS) is 28.9. The summed E-state index contributed by atoms with van der Waals surface area (Å²) >= 11 is 0. The number of aliphatic carboxylic acids is 1. The van der Waals surface area contributed by atoms with Crippen LogP contribution in [0.1, 0.15) is 44.1 Å². The fourth-order valence-corrected chi connectivity index (χ4v) is 3.16. The largest absolute Gasteiger partial charge is 0.481 e. The van der Waals surface area contributed by atoms with Crippen molar-refractivity contribution in [3.8, 4) is 0 Å². The van der Waals surface area contributed by atoms with Crippen LogP contribution < -0.4 is 5.32 Å². The summed E-state index contributed by atoms with van der Waals surface area (Å²) in [5.41, 5.74) is 0.202. The number of aromatic nitrogens is 1. The lowest BCUT2D eigenvalue weighted by Crippen LogP contribution is -2.52. The van der Waals surface area contributed by atoms with Crippen LogP contribution in [0.3, 0.4) is 0 Å². The number of carbonyl (C=O) groups excluding carboxylic acids is 1. The summed E-state index contributed by atoms with van der Waals surface area (Å²) < 4.78 is 0. The van der Waals surface area contributed by atoms with Gasteiger partial charge in [0.05, 0.1) is 5.92 Å². The zero-order valence-electron chi connectivity index (χ0n) is 12.1. The lowest BCUT2D eigenvalue weighted by molar-refractivity contribution is -0.150. The van der Waals surface area contributed by atoms with Gasteiger partial charge in [0, 0.05) is 12.2 Å². The van der Waals surface area contributed by atoms with Gasteiger partial charge in [-0.2, -0.15) is 0 Å². The highest BCUT2D eigenvalue weighted by Crippen LogP contribution is 2.45. The van der Waals surface area contributed by atoms with Crippen LogP contribution in [0, 0.1) is 17.3 Å². The van der Waals surface area contributed by atoms with E-state index in [2.05, 4.69) is 10.3 Å². The van der Waals surface area contributed by atoms with Gasteiger partial charge in [-0.3, -0.25) is 9.59 Å². The molecule has 1 amide bonds. The first kappa shape index (κ1) is 14.6. The van der Waals surface area contributed by atoms with Crippen LogP contribution in [-0.2, 0) is 4.79 Å². The maximum atomic E-state index is 12.1. The van der Waals surface area contributed by atoms with Gasteiger partial charge in [-0.1, -0.05) is 20.8 Å². The molecule has 20 heavy (non-hydrogen) atoms. The maximum Gasteiger partial charge on any atom is 0.307 e. The Labute approximate surface area is 118 Å². The molecule has 1 aromatic rings.